The van der Waals surface area contributed by atoms with Crippen LogP contribution in [0.15, 0.2) is 0 Å². The van der Waals surface area contributed by atoms with Crippen molar-refractivity contribution in [3.8, 4) is 0 Å². The average Bonchev–Trinajstić information content (AvgIpc) is 2.00. The van der Waals surface area contributed by atoms with Crippen molar-refractivity contribution in [1.29, 1.82) is 0 Å². The molecule has 1 unspecified atom stereocenters. The van der Waals surface area contributed by atoms with Crippen LogP contribution in [0.1, 0.15) is 33.1 Å². The number of carbonyl (C=O) groups is 1. The highest BCUT2D eigenvalue weighted by atomic mass is 79.9. The minimum atomic E-state index is 0.166. The zero-order valence-corrected chi connectivity index (χ0v) is 8.78. The van der Waals surface area contributed by atoms with Crippen molar-refractivity contribution in [3.05, 3.63) is 0 Å². The summed E-state index contributed by atoms with van der Waals surface area (Å²) in [6.45, 7) is 4.07. The maximum atomic E-state index is 11.0. The molecule has 0 aliphatic rings. The van der Waals surface area contributed by atoms with E-state index in [1.807, 2.05) is 6.92 Å². The molecule has 0 bridgehead atoms. The number of alkyl halides is 1. The molecule has 0 radical (unpaired) electrons. The van der Waals surface area contributed by atoms with Gasteiger partial charge in [0.2, 0.25) is 5.91 Å². The van der Waals surface area contributed by atoms with Gasteiger partial charge in [0.15, 0.2) is 0 Å². The van der Waals surface area contributed by atoms with Gasteiger partial charge in [-0.05, 0) is 13.3 Å². The second kappa shape index (κ2) is 6.65. The molecule has 0 rings (SSSR count). The van der Waals surface area contributed by atoms with E-state index in [1.54, 1.807) is 0 Å². The fourth-order valence-electron chi connectivity index (χ4n) is 0.723. The maximum absolute atomic E-state index is 11.0. The van der Waals surface area contributed by atoms with Crippen LogP contribution < -0.4 is 5.32 Å². The molecule has 0 aromatic rings. The molecule has 1 N–H and O–H groups in total. The van der Waals surface area contributed by atoms with E-state index in [-0.39, 0.29) is 11.9 Å². The van der Waals surface area contributed by atoms with Crippen LogP contribution in [0.3, 0.4) is 0 Å². The van der Waals surface area contributed by atoms with Gasteiger partial charge >= 0.3 is 0 Å². The Balaban J connectivity index is 3.36. The lowest BCUT2D eigenvalue weighted by molar-refractivity contribution is -0.121. The van der Waals surface area contributed by atoms with E-state index >= 15 is 0 Å². The number of nitrogens with one attached hydrogen (secondary N) is 1. The normalized spacial score (nSPS) is 12.6. The van der Waals surface area contributed by atoms with Gasteiger partial charge in [0.25, 0.3) is 0 Å². The second-order valence-electron chi connectivity index (χ2n) is 2.73. The van der Waals surface area contributed by atoms with Crippen molar-refractivity contribution in [2.24, 2.45) is 0 Å². The van der Waals surface area contributed by atoms with E-state index in [0.29, 0.717) is 6.42 Å². The molecule has 0 fully saturated rings. The summed E-state index contributed by atoms with van der Waals surface area (Å²) >= 11 is 3.30. The van der Waals surface area contributed by atoms with Gasteiger partial charge in [-0.25, -0.2) is 0 Å². The van der Waals surface area contributed by atoms with Crippen molar-refractivity contribution in [3.63, 3.8) is 0 Å². The topological polar surface area (TPSA) is 29.1 Å². The number of hydrogen-bond donors (Lipinski definition) is 1. The average molecular weight is 222 g/mol. The monoisotopic (exact) mass is 221 g/mol. The van der Waals surface area contributed by atoms with Crippen LogP contribution >= 0.6 is 15.9 Å². The summed E-state index contributed by atoms with van der Waals surface area (Å²) < 4.78 is 0. The largest absolute Gasteiger partial charge is 0.353 e. The Bertz CT molecular complexity index is 117. The fraction of sp³-hybridized carbons (Fsp3) is 0.875. The highest BCUT2D eigenvalue weighted by molar-refractivity contribution is 9.09. The Kier molecular flexibility index (Phi) is 6.62. The SMILES string of the molecule is CCCCC(=O)NC(C)CBr. The third-order valence-electron chi connectivity index (χ3n) is 1.40. The predicted octanol–water partition coefficient (Wildman–Crippen LogP) is 2.08. The molecule has 0 aliphatic heterocycles. The van der Waals surface area contributed by atoms with Gasteiger partial charge in [0, 0.05) is 17.8 Å². The van der Waals surface area contributed by atoms with Crippen molar-refractivity contribution >= 4 is 21.8 Å². The van der Waals surface area contributed by atoms with Crippen molar-refractivity contribution in [2.45, 2.75) is 39.2 Å². The van der Waals surface area contributed by atoms with Crippen molar-refractivity contribution in [2.75, 3.05) is 5.33 Å². The standard InChI is InChI=1S/C8H16BrNO/c1-3-4-5-8(11)10-7(2)6-9/h7H,3-6H2,1-2H3,(H,10,11). The lowest BCUT2D eigenvalue weighted by Gasteiger charge is -2.09. The van der Waals surface area contributed by atoms with E-state index in [2.05, 4.69) is 28.2 Å². The van der Waals surface area contributed by atoms with E-state index < -0.39 is 0 Å². The summed E-state index contributed by atoms with van der Waals surface area (Å²) in [5.74, 6) is 0.166. The van der Waals surface area contributed by atoms with Crippen molar-refractivity contribution in [1.82, 2.24) is 5.32 Å². The molecule has 0 saturated heterocycles. The number of amides is 1. The number of carbonyl (C=O) groups excluding carboxylic acids is 1. The fourth-order valence-corrected chi connectivity index (χ4v) is 0.885. The van der Waals surface area contributed by atoms with E-state index in [0.717, 1.165) is 18.2 Å². The molecule has 0 heterocycles. The van der Waals surface area contributed by atoms with Gasteiger partial charge in [0.05, 0.1) is 0 Å². The molecule has 11 heavy (non-hydrogen) atoms. The summed E-state index contributed by atoms with van der Waals surface area (Å²) in [6, 6.07) is 0.249. The summed E-state index contributed by atoms with van der Waals surface area (Å²) in [4.78, 5) is 11.0. The first-order chi connectivity index (χ1) is 5.20. The molecule has 3 heteroatoms. The Labute approximate surface area is 76.9 Å². The van der Waals surface area contributed by atoms with Gasteiger partial charge in [-0.3, -0.25) is 4.79 Å². The highest BCUT2D eigenvalue weighted by Gasteiger charge is 2.03. The molecule has 0 aliphatic carbocycles. The van der Waals surface area contributed by atoms with E-state index in [1.165, 1.54) is 0 Å². The maximum Gasteiger partial charge on any atom is 0.220 e. The van der Waals surface area contributed by atoms with Crippen LogP contribution in [0.25, 0.3) is 0 Å². The molecule has 0 aromatic carbocycles. The first kappa shape index (κ1) is 11.0. The summed E-state index contributed by atoms with van der Waals surface area (Å²) in [5, 5.41) is 3.70. The molecule has 1 amide bonds. The van der Waals surface area contributed by atoms with Gasteiger partial charge in [-0.15, -0.1) is 0 Å². The lowest BCUT2D eigenvalue weighted by Crippen LogP contribution is -2.33. The lowest BCUT2D eigenvalue weighted by atomic mass is 10.2. The first-order valence-electron chi connectivity index (χ1n) is 4.06. The summed E-state index contributed by atoms with van der Waals surface area (Å²) in [5.41, 5.74) is 0. The van der Waals surface area contributed by atoms with Crippen LogP contribution in [-0.2, 0) is 4.79 Å². The first-order valence-corrected chi connectivity index (χ1v) is 5.18. The molecule has 0 aromatic heterocycles. The third-order valence-corrected chi connectivity index (χ3v) is 2.37. The predicted molar refractivity (Wildman–Crippen MR) is 50.9 cm³/mol. The number of hydrogen-bond acceptors (Lipinski definition) is 1. The number of rotatable bonds is 5. The van der Waals surface area contributed by atoms with Gasteiger partial charge in [0.1, 0.15) is 0 Å². The zero-order chi connectivity index (χ0) is 8.69. The number of halogens is 1. The smallest absolute Gasteiger partial charge is 0.220 e. The minimum absolute atomic E-state index is 0.166. The Morgan fingerprint density at radius 2 is 2.27 bits per heavy atom. The van der Waals surface area contributed by atoms with Gasteiger partial charge in [-0.1, -0.05) is 29.3 Å². The van der Waals surface area contributed by atoms with Crippen LogP contribution in [0.2, 0.25) is 0 Å². The molecular weight excluding hydrogens is 206 g/mol. The van der Waals surface area contributed by atoms with Crippen LogP contribution in [0, 0.1) is 0 Å². The number of unbranched alkanes of at least 4 members (excludes halogenated alkanes) is 1. The quantitative estimate of drug-likeness (QED) is 0.709. The molecule has 66 valence electrons. The zero-order valence-electron chi connectivity index (χ0n) is 7.19. The Hall–Kier alpha value is -0.0500. The Morgan fingerprint density at radius 1 is 1.64 bits per heavy atom. The highest BCUT2D eigenvalue weighted by Crippen LogP contribution is 1.95. The van der Waals surface area contributed by atoms with Crippen LogP contribution in [0.4, 0.5) is 0 Å². The summed E-state index contributed by atoms with van der Waals surface area (Å²) in [6.07, 6.45) is 2.73. The molecule has 2 nitrogen and oxygen atoms in total. The Morgan fingerprint density at radius 3 is 2.73 bits per heavy atom. The minimum Gasteiger partial charge on any atom is -0.353 e. The van der Waals surface area contributed by atoms with Gasteiger partial charge < -0.3 is 5.32 Å². The molecule has 0 saturated carbocycles. The third kappa shape index (κ3) is 6.35. The van der Waals surface area contributed by atoms with E-state index in [9.17, 15) is 4.79 Å². The molecule has 1 atom stereocenters. The molecule has 0 spiro atoms. The van der Waals surface area contributed by atoms with Crippen molar-refractivity contribution < 1.29 is 4.79 Å². The van der Waals surface area contributed by atoms with Crippen LogP contribution in [-0.4, -0.2) is 17.3 Å². The second-order valence-corrected chi connectivity index (χ2v) is 3.37. The molecular formula is C8H16BrNO. The van der Waals surface area contributed by atoms with E-state index in [4.69, 9.17) is 0 Å². The summed E-state index contributed by atoms with van der Waals surface area (Å²) in [7, 11) is 0. The van der Waals surface area contributed by atoms with Crippen LogP contribution in [0.5, 0.6) is 0 Å². The van der Waals surface area contributed by atoms with Gasteiger partial charge in [-0.2, -0.15) is 0 Å².